The molecule has 2 rings (SSSR count). The zero-order chi connectivity index (χ0) is 11.9. The van der Waals surface area contributed by atoms with Crippen molar-refractivity contribution in [3.63, 3.8) is 0 Å². The number of aromatic nitrogens is 2. The Morgan fingerprint density at radius 2 is 2.12 bits per heavy atom. The van der Waals surface area contributed by atoms with Gasteiger partial charge in [-0.3, -0.25) is 4.68 Å². The Morgan fingerprint density at radius 1 is 1.29 bits per heavy atom. The molecule has 0 fully saturated rings. The van der Waals surface area contributed by atoms with Gasteiger partial charge in [0.15, 0.2) is 0 Å². The first-order valence-electron chi connectivity index (χ1n) is 5.72. The van der Waals surface area contributed by atoms with Crippen molar-refractivity contribution in [3.8, 4) is 5.75 Å². The smallest absolute Gasteiger partial charge is 0.119 e. The van der Waals surface area contributed by atoms with Crippen molar-refractivity contribution >= 4 is 0 Å². The summed E-state index contributed by atoms with van der Waals surface area (Å²) in [5.74, 6) is 0.898. The Labute approximate surface area is 101 Å². The third-order valence-corrected chi connectivity index (χ3v) is 2.40. The Hall–Kier alpha value is -1.81. The van der Waals surface area contributed by atoms with Crippen LogP contribution in [0.4, 0.5) is 0 Å². The van der Waals surface area contributed by atoms with E-state index in [0.29, 0.717) is 6.61 Å². The van der Waals surface area contributed by atoms with Crippen molar-refractivity contribution in [2.24, 2.45) is 0 Å². The second-order valence-corrected chi connectivity index (χ2v) is 3.80. The molecule has 0 amide bonds. The molecule has 0 bridgehead atoms. The summed E-state index contributed by atoms with van der Waals surface area (Å²) in [7, 11) is 1.93. The van der Waals surface area contributed by atoms with Crippen molar-refractivity contribution in [3.05, 3.63) is 48.3 Å². The number of nitrogens with one attached hydrogen (secondary N) is 1. The number of benzene rings is 1. The molecule has 0 aliphatic heterocycles. The third kappa shape index (κ3) is 3.60. The molecule has 2 aromatic rings. The molecule has 4 nitrogen and oxygen atoms in total. The fraction of sp³-hybridized carbons (Fsp3) is 0.308. The van der Waals surface area contributed by atoms with Crippen LogP contribution in [0, 0.1) is 0 Å². The largest absolute Gasteiger partial charge is 0.492 e. The minimum absolute atomic E-state index is 0.630. The van der Waals surface area contributed by atoms with Gasteiger partial charge in [0.25, 0.3) is 0 Å². The SMILES string of the molecule is CNCc1cnn(CCOc2ccccc2)c1. The van der Waals surface area contributed by atoms with Crippen LogP contribution in [0.2, 0.25) is 0 Å². The molecule has 0 spiro atoms. The maximum Gasteiger partial charge on any atom is 0.119 e. The third-order valence-electron chi connectivity index (χ3n) is 2.40. The van der Waals surface area contributed by atoms with Gasteiger partial charge in [0.05, 0.1) is 12.7 Å². The van der Waals surface area contributed by atoms with Crippen LogP contribution < -0.4 is 10.1 Å². The highest BCUT2D eigenvalue weighted by Gasteiger charge is 1.97. The van der Waals surface area contributed by atoms with Crippen molar-refractivity contribution in [1.29, 1.82) is 0 Å². The molecular weight excluding hydrogens is 214 g/mol. The second kappa shape index (κ2) is 6.06. The molecule has 0 saturated carbocycles. The molecule has 1 N–H and O–H groups in total. The van der Waals surface area contributed by atoms with Gasteiger partial charge in [-0.2, -0.15) is 5.10 Å². The second-order valence-electron chi connectivity index (χ2n) is 3.80. The quantitative estimate of drug-likeness (QED) is 0.822. The fourth-order valence-corrected chi connectivity index (χ4v) is 1.60. The van der Waals surface area contributed by atoms with Crippen LogP contribution in [0.3, 0.4) is 0 Å². The summed E-state index contributed by atoms with van der Waals surface area (Å²) in [5, 5.41) is 7.36. The number of ether oxygens (including phenoxy) is 1. The summed E-state index contributed by atoms with van der Waals surface area (Å²) in [6, 6.07) is 9.82. The van der Waals surface area contributed by atoms with Gasteiger partial charge in [-0.1, -0.05) is 18.2 Å². The normalized spacial score (nSPS) is 10.4. The minimum atomic E-state index is 0.630. The highest BCUT2D eigenvalue weighted by molar-refractivity contribution is 5.20. The lowest BCUT2D eigenvalue weighted by Gasteiger charge is -2.05. The number of hydrogen-bond acceptors (Lipinski definition) is 3. The summed E-state index contributed by atoms with van der Waals surface area (Å²) >= 11 is 0. The van der Waals surface area contributed by atoms with Crippen molar-refractivity contribution in [2.75, 3.05) is 13.7 Å². The van der Waals surface area contributed by atoms with Gasteiger partial charge in [0, 0.05) is 18.3 Å². The molecule has 4 heteroatoms. The number of nitrogens with zero attached hydrogens (tertiary/aromatic N) is 2. The molecule has 0 aliphatic rings. The molecule has 17 heavy (non-hydrogen) atoms. The standard InChI is InChI=1S/C13H17N3O/c1-14-9-12-10-15-16(11-12)7-8-17-13-5-3-2-4-6-13/h2-6,10-11,14H,7-9H2,1H3. The van der Waals surface area contributed by atoms with E-state index in [2.05, 4.69) is 10.4 Å². The van der Waals surface area contributed by atoms with E-state index >= 15 is 0 Å². The monoisotopic (exact) mass is 231 g/mol. The predicted molar refractivity (Wildman–Crippen MR) is 66.9 cm³/mol. The molecule has 0 atom stereocenters. The van der Waals surface area contributed by atoms with E-state index < -0.39 is 0 Å². The Morgan fingerprint density at radius 3 is 2.88 bits per heavy atom. The van der Waals surface area contributed by atoms with Crippen molar-refractivity contribution in [1.82, 2.24) is 15.1 Å². The van der Waals surface area contributed by atoms with Crippen LogP contribution in [-0.4, -0.2) is 23.4 Å². The number of para-hydroxylation sites is 1. The van der Waals surface area contributed by atoms with E-state index in [1.807, 2.05) is 54.5 Å². The van der Waals surface area contributed by atoms with Gasteiger partial charge in [-0.05, 0) is 19.2 Å². The topological polar surface area (TPSA) is 39.1 Å². The summed E-state index contributed by atoms with van der Waals surface area (Å²) in [4.78, 5) is 0. The average Bonchev–Trinajstić information content (AvgIpc) is 2.79. The molecule has 0 radical (unpaired) electrons. The fourth-order valence-electron chi connectivity index (χ4n) is 1.60. The van der Waals surface area contributed by atoms with E-state index in [-0.39, 0.29) is 0 Å². The van der Waals surface area contributed by atoms with Crippen LogP contribution in [0.5, 0.6) is 5.75 Å². The van der Waals surface area contributed by atoms with Crippen LogP contribution >= 0.6 is 0 Å². The van der Waals surface area contributed by atoms with Crippen LogP contribution in [0.25, 0.3) is 0 Å². The molecule has 1 heterocycles. The predicted octanol–water partition coefficient (Wildman–Crippen LogP) is 1.68. The summed E-state index contributed by atoms with van der Waals surface area (Å²) in [5.41, 5.74) is 1.19. The molecular formula is C13H17N3O. The lowest BCUT2D eigenvalue weighted by atomic mass is 10.3. The first-order valence-corrected chi connectivity index (χ1v) is 5.72. The Bertz CT molecular complexity index is 439. The van der Waals surface area contributed by atoms with Gasteiger partial charge in [0.1, 0.15) is 12.4 Å². The zero-order valence-electron chi connectivity index (χ0n) is 9.97. The first kappa shape index (κ1) is 11.7. The van der Waals surface area contributed by atoms with Gasteiger partial charge in [-0.25, -0.2) is 0 Å². The van der Waals surface area contributed by atoms with Gasteiger partial charge in [-0.15, -0.1) is 0 Å². The van der Waals surface area contributed by atoms with Gasteiger partial charge in [0.2, 0.25) is 0 Å². The molecule has 1 aromatic heterocycles. The Balaban J connectivity index is 1.78. The highest BCUT2D eigenvalue weighted by atomic mass is 16.5. The average molecular weight is 231 g/mol. The molecule has 0 aliphatic carbocycles. The maximum atomic E-state index is 5.60. The van der Waals surface area contributed by atoms with E-state index in [1.165, 1.54) is 5.56 Å². The summed E-state index contributed by atoms with van der Waals surface area (Å²) < 4.78 is 7.50. The maximum absolute atomic E-state index is 5.60. The minimum Gasteiger partial charge on any atom is -0.492 e. The van der Waals surface area contributed by atoms with Crippen LogP contribution in [0.1, 0.15) is 5.56 Å². The van der Waals surface area contributed by atoms with Crippen LogP contribution in [0.15, 0.2) is 42.7 Å². The van der Waals surface area contributed by atoms with Gasteiger partial charge < -0.3 is 10.1 Å². The highest BCUT2D eigenvalue weighted by Crippen LogP contribution is 2.08. The van der Waals surface area contributed by atoms with Gasteiger partial charge >= 0.3 is 0 Å². The number of rotatable bonds is 6. The van der Waals surface area contributed by atoms with Crippen molar-refractivity contribution < 1.29 is 4.74 Å². The van der Waals surface area contributed by atoms with Crippen molar-refractivity contribution in [2.45, 2.75) is 13.1 Å². The molecule has 0 saturated heterocycles. The summed E-state index contributed by atoms with van der Waals surface area (Å²) in [6.07, 6.45) is 3.91. The lowest BCUT2D eigenvalue weighted by Crippen LogP contribution is -2.08. The molecule has 1 aromatic carbocycles. The van der Waals surface area contributed by atoms with E-state index in [4.69, 9.17) is 4.74 Å². The first-order chi connectivity index (χ1) is 8.38. The van der Waals surface area contributed by atoms with Crippen LogP contribution in [-0.2, 0) is 13.1 Å². The van der Waals surface area contributed by atoms with E-state index in [1.54, 1.807) is 0 Å². The Kier molecular flexibility index (Phi) is 4.16. The van der Waals surface area contributed by atoms with E-state index in [9.17, 15) is 0 Å². The zero-order valence-corrected chi connectivity index (χ0v) is 9.97. The molecule has 0 unspecified atom stereocenters. The van der Waals surface area contributed by atoms with E-state index in [0.717, 1.165) is 18.8 Å². The summed E-state index contributed by atoms with van der Waals surface area (Å²) in [6.45, 7) is 2.24. The number of hydrogen-bond donors (Lipinski definition) is 1. The lowest BCUT2D eigenvalue weighted by molar-refractivity contribution is 0.291. The molecule has 90 valence electrons.